The number of hydrogen-bond donors (Lipinski definition) is 1. The Bertz CT molecular complexity index is 330. The first-order chi connectivity index (χ1) is 7.55. The van der Waals surface area contributed by atoms with Crippen molar-refractivity contribution in [3.05, 3.63) is 0 Å². The lowest BCUT2D eigenvalue weighted by Crippen LogP contribution is -2.60. The molecule has 5 nitrogen and oxygen atoms in total. The SMILES string of the molecule is O=C(O)CC1(N2C(=O)CCCC2=O)CCC1. The van der Waals surface area contributed by atoms with Crippen molar-refractivity contribution in [1.29, 1.82) is 0 Å². The summed E-state index contributed by atoms with van der Waals surface area (Å²) in [4.78, 5) is 35.5. The molecule has 0 aromatic carbocycles. The highest BCUT2D eigenvalue weighted by Crippen LogP contribution is 2.42. The van der Waals surface area contributed by atoms with Gasteiger partial charge in [0, 0.05) is 12.8 Å². The van der Waals surface area contributed by atoms with Gasteiger partial charge in [-0.25, -0.2) is 0 Å². The molecule has 1 heterocycles. The third-order valence-corrected chi connectivity index (χ3v) is 3.52. The van der Waals surface area contributed by atoms with Gasteiger partial charge in [-0.15, -0.1) is 0 Å². The van der Waals surface area contributed by atoms with E-state index in [1.165, 1.54) is 4.90 Å². The molecule has 1 saturated heterocycles. The van der Waals surface area contributed by atoms with E-state index in [1.54, 1.807) is 0 Å². The zero-order valence-electron chi connectivity index (χ0n) is 9.07. The lowest BCUT2D eigenvalue weighted by molar-refractivity contribution is -0.163. The number of likely N-dealkylation sites (tertiary alicyclic amines) is 1. The fourth-order valence-electron chi connectivity index (χ4n) is 2.63. The number of carbonyl (C=O) groups is 3. The van der Waals surface area contributed by atoms with Crippen LogP contribution in [0, 0.1) is 0 Å². The van der Waals surface area contributed by atoms with Gasteiger partial charge in [-0.05, 0) is 25.7 Å². The normalized spacial score (nSPS) is 24.1. The molecule has 16 heavy (non-hydrogen) atoms. The van der Waals surface area contributed by atoms with Crippen molar-refractivity contribution in [3.8, 4) is 0 Å². The van der Waals surface area contributed by atoms with Gasteiger partial charge < -0.3 is 5.11 Å². The minimum absolute atomic E-state index is 0.107. The molecule has 1 N–H and O–H groups in total. The largest absolute Gasteiger partial charge is 0.481 e. The summed E-state index contributed by atoms with van der Waals surface area (Å²) in [5.74, 6) is -1.33. The highest BCUT2D eigenvalue weighted by atomic mass is 16.4. The smallest absolute Gasteiger partial charge is 0.305 e. The van der Waals surface area contributed by atoms with Crippen LogP contribution < -0.4 is 0 Å². The molecule has 0 aromatic heterocycles. The fourth-order valence-corrected chi connectivity index (χ4v) is 2.63. The maximum atomic E-state index is 11.7. The van der Waals surface area contributed by atoms with Crippen LogP contribution in [0.1, 0.15) is 44.9 Å². The molecule has 0 aromatic rings. The highest BCUT2D eigenvalue weighted by molar-refractivity contribution is 5.99. The average molecular weight is 225 g/mol. The molecule has 5 heteroatoms. The molecule has 0 unspecified atom stereocenters. The van der Waals surface area contributed by atoms with Gasteiger partial charge in [-0.2, -0.15) is 0 Å². The molecule has 1 aliphatic heterocycles. The number of aliphatic carboxylic acids is 1. The third-order valence-electron chi connectivity index (χ3n) is 3.52. The van der Waals surface area contributed by atoms with Crippen molar-refractivity contribution >= 4 is 17.8 Å². The second kappa shape index (κ2) is 3.88. The van der Waals surface area contributed by atoms with Crippen molar-refractivity contribution < 1.29 is 19.5 Å². The van der Waals surface area contributed by atoms with Crippen LogP contribution in [0.2, 0.25) is 0 Å². The number of piperidine rings is 1. The van der Waals surface area contributed by atoms with E-state index < -0.39 is 11.5 Å². The minimum Gasteiger partial charge on any atom is -0.481 e. The van der Waals surface area contributed by atoms with Crippen LogP contribution in [0.3, 0.4) is 0 Å². The van der Waals surface area contributed by atoms with Crippen LogP contribution >= 0.6 is 0 Å². The zero-order chi connectivity index (χ0) is 11.8. The maximum absolute atomic E-state index is 11.7. The second-order valence-electron chi connectivity index (χ2n) is 4.62. The number of nitrogens with zero attached hydrogens (tertiary/aromatic N) is 1. The average Bonchev–Trinajstić information content (AvgIpc) is 2.12. The van der Waals surface area contributed by atoms with Crippen LogP contribution in [0.15, 0.2) is 0 Å². The summed E-state index contributed by atoms with van der Waals surface area (Å²) >= 11 is 0. The predicted molar refractivity (Wildman–Crippen MR) is 54.5 cm³/mol. The van der Waals surface area contributed by atoms with Crippen molar-refractivity contribution in [2.75, 3.05) is 0 Å². The molecular weight excluding hydrogens is 210 g/mol. The van der Waals surface area contributed by atoms with E-state index in [0.29, 0.717) is 32.1 Å². The summed E-state index contributed by atoms with van der Waals surface area (Å²) in [6.07, 6.45) is 3.39. The Morgan fingerprint density at radius 2 is 1.75 bits per heavy atom. The Labute approximate surface area is 93.4 Å². The van der Waals surface area contributed by atoms with Gasteiger partial charge in [-0.1, -0.05) is 0 Å². The lowest BCUT2D eigenvalue weighted by atomic mass is 9.72. The molecule has 2 rings (SSSR count). The van der Waals surface area contributed by atoms with Crippen LogP contribution in [-0.4, -0.2) is 33.3 Å². The van der Waals surface area contributed by atoms with Crippen molar-refractivity contribution in [2.24, 2.45) is 0 Å². The van der Waals surface area contributed by atoms with Crippen LogP contribution in [0.4, 0.5) is 0 Å². The molecular formula is C11H15NO4. The Balaban J connectivity index is 2.21. The summed E-state index contributed by atoms with van der Waals surface area (Å²) in [6, 6.07) is 0. The number of imide groups is 1. The first kappa shape index (κ1) is 11.1. The van der Waals surface area contributed by atoms with Crippen LogP contribution in [0.5, 0.6) is 0 Å². The summed E-state index contributed by atoms with van der Waals surface area (Å²) in [5.41, 5.74) is -0.708. The molecule has 2 amide bonds. The molecule has 2 fully saturated rings. The van der Waals surface area contributed by atoms with Gasteiger partial charge >= 0.3 is 5.97 Å². The molecule has 2 aliphatic rings. The second-order valence-corrected chi connectivity index (χ2v) is 4.62. The van der Waals surface area contributed by atoms with E-state index in [4.69, 9.17) is 5.11 Å². The van der Waals surface area contributed by atoms with E-state index in [-0.39, 0.29) is 18.2 Å². The zero-order valence-corrected chi connectivity index (χ0v) is 9.07. The highest BCUT2D eigenvalue weighted by Gasteiger charge is 2.49. The minimum atomic E-state index is -0.939. The summed E-state index contributed by atoms with van der Waals surface area (Å²) in [6.45, 7) is 0. The Morgan fingerprint density at radius 1 is 1.19 bits per heavy atom. The lowest BCUT2D eigenvalue weighted by Gasteiger charge is -2.49. The Morgan fingerprint density at radius 3 is 2.12 bits per heavy atom. The van der Waals surface area contributed by atoms with E-state index in [0.717, 1.165) is 6.42 Å². The quantitative estimate of drug-likeness (QED) is 0.725. The molecule has 0 atom stereocenters. The fraction of sp³-hybridized carbons (Fsp3) is 0.727. The van der Waals surface area contributed by atoms with Gasteiger partial charge in [-0.3, -0.25) is 19.3 Å². The standard InChI is InChI=1S/C11H15NO4/c13-8-3-1-4-9(14)12(8)11(5-2-6-11)7-10(15)16/h1-7H2,(H,15,16). The van der Waals surface area contributed by atoms with Gasteiger partial charge in [0.15, 0.2) is 0 Å². The molecule has 88 valence electrons. The summed E-state index contributed by atoms with van der Waals surface area (Å²) in [7, 11) is 0. The van der Waals surface area contributed by atoms with Crippen molar-refractivity contribution in [1.82, 2.24) is 4.90 Å². The first-order valence-corrected chi connectivity index (χ1v) is 5.63. The first-order valence-electron chi connectivity index (χ1n) is 5.63. The number of carboxylic acids is 1. The van der Waals surface area contributed by atoms with Crippen molar-refractivity contribution in [2.45, 2.75) is 50.5 Å². The number of amides is 2. The summed E-state index contributed by atoms with van der Waals surface area (Å²) in [5, 5.41) is 8.87. The van der Waals surface area contributed by atoms with Gasteiger partial charge in [0.1, 0.15) is 0 Å². The number of carbonyl (C=O) groups excluding carboxylic acids is 2. The van der Waals surface area contributed by atoms with E-state index in [1.807, 2.05) is 0 Å². The third kappa shape index (κ3) is 1.70. The van der Waals surface area contributed by atoms with Crippen LogP contribution in [0.25, 0.3) is 0 Å². The number of hydrogen-bond acceptors (Lipinski definition) is 3. The Kier molecular flexibility index (Phi) is 2.69. The monoisotopic (exact) mass is 225 g/mol. The van der Waals surface area contributed by atoms with E-state index >= 15 is 0 Å². The molecule has 1 saturated carbocycles. The topological polar surface area (TPSA) is 74.7 Å². The Hall–Kier alpha value is -1.39. The van der Waals surface area contributed by atoms with E-state index in [2.05, 4.69) is 0 Å². The van der Waals surface area contributed by atoms with Gasteiger partial charge in [0.05, 0.1) is 12.0 Å². The molecule has 0 bridgehead atoms. The predicted octanol–water partition coefficient (Wildman–Crippen LogP) is 0.923. The van der Waals surface area contributed by atoms with Crippen molar-refractivity contribution in [3.63, 3.8) is 0 Å². The van der Waals surface area contributed by atoms with Crippen LogP contribution in [-0.2, 0) is 14.4 Å². The number of rotatable bonds is 3. The summed E-state index contributed by atoms with van der Waals surface area (Å²) < 4.78 is 0. The molecule has 1 aliphatic carbocycles. The molecule has 0 spiro atoms. The van der Waals surface area contributed by atoms with Gasteiger partial charge in [0.2, 0.25) is 11.8 Å². The maximum Gasteiger partial charge on any atom is 0.305 e. The molecule has 0 radical (unpaired) electrons. The number of carboxylic acid groups (broad SMARTS) is 1. The van der Waals surface area contributed by atoms with E-state index in [9.17, 15) is 14.4 Å². The van der Waals surface area contributed by atoms with Gasteiger partial charge in [0.25, 0.3) is 0 Å².